The smallest absolute Gasteiger partial charge is 0.136 e. The number of hydrogen-bond donors (Lipinski definition) is 0. The van der Waals surface area contributed by atoms with Gasteiger partial charge in [0.1, 0.15) is 5.78 Å². The molecule has 2 fully saturated rings. The lowest BCUT2D eigenvalue weighted by Gasteiger charge is -2.22. The van der Waals surface area contributed by atoms with Crippen LogP contribution >= 0.6 is 0 Å². The second-order valence-electron chi connectivity index (χ2n) is 7.60. The minimum Gasteiger partial charge on any atom is -0.299 e. The summed E-state index contributed by atoms with van der Waals surface area (Å²) in [6, 6.07) is 0. The minimum atomic E-state index is 0.165. The largest absolute Gasteiger partial charge is 0.299 e. The summed E-state index contributed by atoms with van der Waals surface area (Å²) in [7, 11) is 0. The van der Waals surface area contributed by atoms with Crippen LogP contribution in [-0.2, 0) is 4.79 Å². The van der Waals surface area contributed by atoms with Crippen molar-refractivity contribution in [2.45, 2.75) is 72.1 Å². The molecule has 1 nitrogen and oxygen atoms in total. The molecule has 0 radical (unpaired) electrons. The van der Waals surface area contributed by atoms with Crippen LogP contribution in [0.4, 0.5) is 0 Å². The second-order valence-corrected chi connectivity index (χ2v) is 7.60. The second kappa shape index (κ2) is 5.12. The maximum atomic E-state index is 12.4. The normalized spacial score (nSPS) is 22.5. The molecule has 1 heteroatoms. The Labute approximate surface area is 106 Å². The lowest BCUT2D eigenvalue weighted by molar-refractivity contribution is -0.125. The van der Waals surface area contributed by atoms with Gasteiger partial charge in [0.05, 0.1) is 0 Å². The van der Waals surface area contributed by atoms with Crippen molar-refractivity contribution in [1.82, 2.24) is 0 Å². The van der Waals surface area contributed by atoms with Crippen LogP contribution in [0.25, 0.3) is 0 Å². The monoisotopic (exact) mass is 236 g/mol. The van der Waals surface area contributed by atoms with Crippen molar-refractivity contribution in [3.8, 4) is 0 Å². The van der Waals surface area contributed by atoms with Crippen molar-refractivity contribution in [1.29, 1.82) is 0 Å². The third-order valence-corrected chi connectivity index (χ3v) is 4.09. The Morgan fingerprint density at radius 3 is 2.18 bits per heavy atom. The van der Waals surface area contributed by atoms with Gasteiger partial charge in [0.2, 0.25) is 0 Å². The lowest BCUT2D eigenvalue weighted by Crippen LogP contribution is -2.21. The van der Waals surface area contributed by atoms with E-state index in [1.807, 2.05) is 0 Å². The zero-order valence-corrected chi connectivity index (χ0v) is 11.8. The summed E-state index contributed by atoms with van der Waals surface area (Å²) in [5, 5.41) is 0. The van der Waals surface area contributed by atoms with Crippen LogP contribution in [-0.4, -0.2) is 5.78 Å². The molecule has 0 aromatic heterocycles. The van der Waals surface area contributed by atoms with Crippen LogP contribution in [0.5, 0.6) is 0 Å². The van der Waals surface area contributed by atoms with Gasteiger partial charge < -0.3 is 0 Å². The van der Waals surface area contributed by atoms with Crippen LogP contribution in [0.2, 0.25) is 0 Å². The van der Waals surface area contributed by atoms with E-state index in [1.165, 1.54) is 44.9 Å². The minimum absolute atomic E-state index is 0.165. The number of ketones is 1. The van der Waals surface area contributed by atoms with Gasteiger partial charge >= 0.3 is 0 Å². The molecule has 0 N–H and O–H groups in total. The summed E-state index contributed by atoms with van der Waals surface area (Å²) >= 11 is 0. The molecule has 2 rings (SSSR count). The van der Waals surface area contributed by atoms with Gasteiger partial charge in [-0.2, -0.15) is 0 Å². The first-order valence-corrected chi connectivity index (χ1v) is 7.47. The number of hydrogen-bond acceptors (Lipinski definition) is 1. The first-order valence-electron chi connectivity index (χ1n) is 7.47. The van der Waals surface area contributed by atoms with Gasteiger partial charge in [0.25, 0.3) is 0 Å². The van der Waals surface area contributed by atoms with E-state index in [-0.39, 0.29) is 5.41 Å². The average molecular weight is 236 g/mol. The maximum Gasteiger partial charge on any atom is 0.136 e. The number of carbonyl (C=O) groups is 1. The summed E-state index contributed by atoms with van der Waals surface area (Å²) in [4.78, 5) is 12.4. The molecule has 2 aliphatic carbocycles. The number of Topliss-reactive ketones (excluding diaryl/α,β-unsaturated/α-hetero) is 1. The third kappa shape index (κ3) is 5.23. The van der Waals surface area contributed by atoms with E-state index in [2.05, 4.69) is 20.8 Å². The highest BCUT2D eigenvalue weighted by Crippen LogP contribution is 2.40. The Kier molecular flexibility index (Phi) is 3.95. The molecule has 0 heterocycles. The van der Waals surface area contributed by atoms with E-state index in [9.17, 15) is 4.79 Å². The van der Waals surface area contributed by atoms with Gasteiger partial charge in [-0.3, -0.25) is 4.79 Å². The summed E-state index contributed by atoms with van der Waals surface area (Å²) in [5.74, 6) is 2.80. The van der Waals surface area contributed by atoms with Crippen LogP contribution in [0, 0.1) is 23.2 Å². The summed E-state index contributed by atoms with van der Waals surface area (Å²) in [5.41, 5.74) is 0.165. The van der Waals surface area contributed by atoms with E-state index in [1.54, 1.807) is 0 Å². The molecule has 0 saturated heterocycles. The molecule has 2 saturated carbocycles. The van der Waals surface area contributed by atoms with Crippen LogP contribution < -0.4 is 0 Å². The molecule has 0 aliphatic heterocycles. The highest BCUT2D eigenvalue weighted by Gasteiger charge is 2.32. The fourth-order valence-corrected chi connectivity index (χ4v) is 2.68. The van der Waals surface area contributed by atoms with Gasteiger partial charge in [-0.1, -0.05) is 46.5 Å². The van der Waals surface area contributed by atoms with Crippen molar-refractivity contribution >= 4 is 5.78 Å². The fraction of sp³-hybridized carbons (Fsp3) is 0.938. The average Bonchev–Trinajstić information content (AvgIpc) is 3.04. The van der Waals surface area contributed by atoms with Gasteiger partial charge in [-0.15, -0.1) is 0 Å². The van der Waals surface area contributed by atoms with Gasteiger partial charge in [0.15, 0.2) is 0 Å². The standard InChI is InChI=1S/C16H28O/c1-16(2,3)11-15(17)14(10-13-6-7-13)9-8-12-4-5-12/h12-14H,4-11H2,1-3H3. The van der Waals surface area contributed by atoms with Gasteiger partial charge in [0, 0.05) is 12.3 Å². The van der Waals surface area contributed by atoms with Gasteiger partial charge in [-0.05, 0) is 36.5 Å². The van der Waals surface area contributed by atoms with Crippen molar-refractivity contribution in [2.75, 3.05) is 0 Å². The van der Waals surface area contributed by atoms with Crippen molar-refractivity contribution in [3.63, 3.8) is 0 Å². The van der Waals surface area contributed by atoms with Crippen molar-refractivity contribution in [2.24, 2.45) is 23.2 Å². The highest BCUT2D eigenvalue weighted by atomic mass is 16.1. The Morgan fingerprint density at radius 1 is 1.12 bits per heavy atom. The molecule has 2 aliphatic rings. The Morgan fingerprint density at radius 2 is 1.71 bits per heavy atom. The zero-order chi connectivity index (χ0) is 12.5. The fourth-order valence-electron chi connectivity index (χ4n) is 2.68. The first kappa shape index (κ1) is 13.1. The summed E-state index contributed by atoms with van der Waals surface area (Å²) in [6.07, 6.45) is 10.1. The predicted octanol–water partition coefficient (Wildman–Crippen LogP) is 4.60. The molecule has 0 bridgehead atoms. The van der Waals surface area contributed by atoms with Crippen molar-refractivity contribution in [3.05, 3.63) is 0 Å². The first-order chi connectivity index (χ1) is 7.94. The predicted molar refractivity (Wildman–Crippen MR) is 71.9 cm³/mol. The number of carbonyl (C=O) groups excluding carboxylic acids is 1. The Hall–Kier alpha value is -0.330. The SMILES string of the molecule is CC(C)(C)CC(=O)C(CCC1CC1)CC1CC1. The summed E-state index contributed by atoms with van der Waals surface area (Å²) in [6.45, 7) is 6.54. The van der Waals surface area contributed by atoms with Crippen LogP contribution in [0.1, 0.15) is 72.1 Å². The zero-order valence-electron chi connectivity index (χ0n) is 11.8. The topological polar surface area (TPSA) is 17.1 Å². The van der Waals surface area contributed by atoms with E-state index in [4.69, 9.17) is 0 Å². The van der Waals surface area contributed by atoms with E-state index in [0.29, 0.717) is 11.7 Å². The lowest BCUT2D eigenvalue weighted by atomic mass is 9.82. The third-order valence-electron chi connectivity index (χ3n) is 4.09. The molecule has 0 spiro atoms. The van der Waals surface area contributed by atoms with Gasteiger partial charge in [-0.25, -0.2) is 0 Å². The van der Waals surface area contributed by atoms with Crippen LogP contribution in [0.15, 0.2) is 0 Å². The Bertz CT molecular complexity index is 266. The van der Waals surface area contributed by atoms with Crippen molar-refractivity contribution < 1.29 is 4.79 Å². The summed E-state index contributed by atoms with van der Waals surface area (Å²) < 4.78 is 0. The number of rotatable bonds is 7. The molecule has 0 aromatic carbocycles. The Balaban J connectivity index is 1.80. The van der Waals surface area contributed by atoms with E-state index in [0.717, 1.165) is 18.3 Å². The molecule has 1 unspecified atom stereocenters. The van der Waals surface area contributed by atoms with Crippen LogP contribution in [0.3, 0.4) is 0 Å². The molecular weight excluding hydrogens is 208 g/mol. The molecule has 1 atom stereocenters. The quantitative estimate of drug-likeness (QED) is 0.631. The maximum absolute atomic E-state index is 12.4. The molecule has 17 heavy (non-hydrogen) atoms. The molecular formula is C16H28O. The molecule has 0 amide bonds. The van der Waals surface area contributed by atoms with E-state index >= 15 is 0 Å². The highest BCUT2D eigenvalue weighted by molar-refractivity contribution is 5.81. The molecule has 98 valence electrons. The molecule has 0 aromatic rings. The van der Waals surface area contributed by atoms with E-state index < -0.39 is 0 Å².